The molecule has 268 valence electrons. The van der Waals surface area contributed by atoms with Crippen molar-refractivity contribution >= 4 is 60.7 Å². The van der Waals surface area contributed by atoms with Crippen LogP contribution in [0.4, 0.5) is 17.1 Å². The van der Waals surface area contributed by atoms with Crippen LogP contribution in [0.15, 0.2) is 183 Å². The maximum atomic E-state index is 5.56. The van der Waals surface area contributed by atoms with Crippen molar-refractivity contribution in [2.24, 2.45) is 0 Å². The SMILES string of the molecule is [Pt+2].[c-]1c(N(c2[c-]c(-n3cccn3)ccc2)c2cc(-n3c4ccccc4c4ccccc43)nc(-n3c4ccccc4c4ccccc43)c2)cccc1-n1cccn1. The molecule has 0 radical (unpaired) electrons. The van der Waals surface area contributed by atoms with Crippen LogP contribution in [0.25, 0.3) is 66.6 Å². The summed E-state index contributed by atoms with van der Waals surface area (Å²) in [5, 5.41) is 13.7. The van der Waals surface area contributed by atoms with Crippen molar-refractivity contribution < 1.29 is 21.1 Å². The van der Waals surface area contributed by atoms with Crippen molar-refractivity contribution in [2.45, 2.75) is 0 Å². The fourth-order valence-electron chi connectivity index (χ4n) is 7.83. The molecule has 0 aliphatic rings. The van der Waals surface area contributed by atoms with Gasteiger partial charge in [0.15, 0.2) is 0 Å². The largest absolute Gasteiger partial charge is 2.00 e. The minimum Gasteiger partial charge on any atom is -0.358 e. The number of para-hydroxylation sites is 4. The second kappa shape index (κ2) is 13.7. The number of aromatic nitrogens is 7. The van der Waals surface area contributed by atoms with Crippen molar-refractivity contribution in [3.63, 3.8) is 0 Å². The van der Waals surface area contributed by atoms with Crippen LogP contribution in [-0.2, 0) is 21.1 Å². The summed E-state index contributed by atoms with van der Waals surface area (Å²) >= 11 is 0. The maximum Gasteiger partial charge on any atom is 2.00 e. The van der Waals surface area contributed by atoms with Crippen LogP contribution in [-0.4, -0.2) is 33.7 Å². The van der Waals surface area contributed by atoms with E-state index in [0.717, 1.165) is 62.1 Å². The predicted octanol–water partition coefficient (Wildman–Crippen LogP) is 10.7. The Balaban J connectivity index is 0.00000384. The van der Waals surface area contributed by atoms with Crippen molar-refractivity contribution in [2.75, 3.05) is 4.90 Å². The summed E-state index contributed by atoms with van der Waals surface area (Å²) < 4.78 is 8.20. The Labute approximate surface area is 336 Å². The first-order chi connectivity index (χ1) is 27.3. The van der Waals surface area contributed by atoms with Crippen LogP contribution in [0.5, 0.6) is 0 Å². The molecular formula is C47H30N8Pt. The molecule has 0 fully saturated rings. The van der Waals surface area contributed by atoms with Crippen molar-refractivity contribution in [3.05, 3.63) is 195 Å². The average molecular weight is 902 g/mol. The van der Waals surface area contributed by atoms with Crippen LogP contribution in [0.3, 0.4) is 0 Å². The van der Waals surface area contributed by atoms with Crippen LogP contribution in [0, 0.1) is 12.1 Å². The minimum absolute atomic E-state index is 0. The topological polar surface area (TPSA) is 61.6 Å². The van der Waals surface area contributed by atoms with Gasteiger partial charge in [-0.1, -0.05) is 84.2 Å². The van der Waals surface area contributed by atoms with Gasteiger partial charge in [0.05, 0.1) is 22.1 Å². The molecule has 0 saturated carbocycles. The molecule has 6 aromatic carbocycles. The Bertz CT molecular complexity index is 2860. The summed E-state index contributed by atoms with van der Waals surface area (Å²) in [6.45, 7) is 0. The summed E-state index contributed by atoms with van der Waals surface area (Å²) in [6, 6.07) is 61.9. The number of hydrogen-bond donors (Lipinski definition) is 0. The summed E-state index contributed by atoms with van der Waals surface area (Å²) in [4.78, 5) is 7.75. The molecule has 0 spiro atoms. The molecule has 5 heterocycles. The summed E-state index contributed by atoms with van der Waals surface area (Å²) in [5.41, 5.74) is 8.44. The number of nitrogens with zero attached hydrogens (tertiary/aromatic N) is 8. The fraction of sp³-hybridized carbons (Fsp3) is 0. The van der Waals surface area contributed by atoms with Gasteiger partial charge in [-0.2, -0.15) is 22.3 Å². The van der Waals surface area contributed by atoms with E-state index in [0.29, 0.717) is 0 Å². The van der Waals surface area contributed by atoms with Crippen LogP contribution >= 0.6 is 0 Å². The predicted molar refractivity (Wildman–Crippen MR) is 220 cm³/mol. The molecule has 9 heteroatoms. The quantitative estimate of drug-likeness (QED) is 0.150. The Kier molecular flexibility index (Phi) is 8.19. The third-order valence-electron chi connectivity index (χ3n) is 10.2. The van der Waals surface area contributed by atoms with Gasteiger partial charge in [0.2, 0.25) is 0 Å². The fourth-order valence-corrected chi connectivity index (χ4v) is 7.83. The van der Waals surface area contributed by atoms with E-state index in [2.05, 4.69) is 158 Å². The third-order valence-corrected chi connectivity index (χ3v) is 10.2. The molecule has 0 bridgehead atoms. The average Bonchev–Trinajstić information content (AvgIpc) is 4.07. The second-order valence-electron chi connectivity index (χ2n) is 13.4. The monoisotopic (exact) mass is 901 g/mol. The molecule has 56 heavy (non-hydrogen) atoms. The maximum absolute atomic E-state index is 5.56. The second-order valence-corrected chi connectivity index (χ2v) is 13.4. The van der Waals surface area contributed by atoms with E-state index in [1.807, 2.05) is 58.2 Å². The first kappa shape index (κ1) is 33.5. The molecule has 0 amide bonds. The molecule has 0 atom stereocenters. The Morgan fingerprint density at radius 1 is 0.429 bits per heavy atom. The molecule has 0 aliphatic carbocycles. The number of rotatable bonds is 7. The number of anilines is 3. The molecule has 0 saturated heterocycles. The van der Waals surface area contributed by atoms with E-state index in [4.69, 9.17) is 4.98 Å². The Morgan fingerprint density at radius 2 is 0.821 bits per heavy atom. The molecule has 5 aromatic heterocycles. The van der Waals surface area contributed by atoms with E-state index in [-0.39, 0.29) is 21.1 Å². The van der Waals surface area contributed by atoms with E-state index in [1.54, 1.807) is 12.4 Å². The van der Waals surface area contributed by atoms with Crippen molar-refractivity contribution in [3.8, 4) is 23.0 Å². The van der Waals surface area contributed by atoms with Crippen LogP contribution < -0.4 is 4.90 Å². The van der Waals surface area contributed by atoms with Gasteiger partial charge in [-0.05, 0) is 47.8 Å². The van der Waals surface area contributed by atoms with Gasteiger partial charge < -0.3 is 4.90 Å². The Morgan fingerprint density at radius 3 is 1.20 bits per heavy atom. The zero-order chi connectivity index (χ0) is 36.3. The van der Waals surface area contributed by atoms with E-state index < -0.39 is 0 Å². The molecule has 0 aliphatic heterocycles. The molecule has 11 aromatic rings. The molecule has 11 rings (SSSR count). The molecule has 0 unspecified atom stereocenters. The summed E-state index contributed by atoms with van der Waals surface area (Å²) in [7, 11) is 0. The van der Waals surface area contributed by atoms with Gasteiger partial charge in [0.1, 0.15) is 11.6 Å². The molecular weight excluding hydrogens is 872 g/mol. The van der Waals surface area contributed by atoms with Crippen LogP contribution in [0.1, 0.15) is 0 Å². The number of hydrogen-bond acceptors (Lipinski definition) is 4. The summed E-state index contributed by atoms with van der Waals surface area (Å²) in [6.07, 6.45) is 7.41. The normalized spacial score (nSPS) is 11.4. The van der Waals surface area contributed by atoms with Crippen molar-refractivity contribution in [1.29, 1.82) is 0 Å². The molecule has 8 nitrogen and oxygen atoms in total. The van der Waals surface area contributed by atoms with E-state index in [9.17, 15) is 0 Å². The van der Waals surface area contributed by atoms with Gasteiger partial charge >= 0.3 is 21.1 Å². The zero-order valence-electron chi connectivity index (χ0n) is 29.7. The first-order valence-electron chi connectivity index (χ1n) is 18.1. The number of fused-ring (bicyclic) bond motifs is 6. The Hall–Kier alpha value is -7.02. The standard InChI is InChI=1S/C47H30N8.Pt/c1-5-21-42-38(17-1)39-18-2-6-22-43(39)54(42)46-31-37(32-47(50-46)55-44-23-7-3-19-40(44)41-20-4-8-24-45(41)55)53(35-15-9-13-33(29-35)51-27-11-25-48-51)36-16-10-14-34(30-36)52-28-12-26-49-52;/h1-28,31-32H;/q-2;+2. The van der Waals surface area contributed by atoms with Gasteiger partial charge in [0, 0.05) is 64.2 Å². The van der Waals surface area contributed by atoms with Gasteiger partial charge in [-0.15, -0.1) is 36.4 Å². The van der Waals surface area contributed by atoms with E-state index in [1.165, 1.54) is 21.5 Å². The minimum atomic E-state index is 0. The van der Waals surface area contributed by atoms with Crippen LogP contribution in [0.2, 0.25) is 0 Å². The summed E-state index contributed by atoms with van der Waals surface area (Å²) in [5.74, 6) is 1.56. The van der Waals surface area contributed by atoms with Gasteiger partial charge in [-0.25, -0.2) is 4.98 Å². The number of pyridine rings is 1. The number of benzene rings is 6. The van der Waals surface area contributed by atoms with Crippen molar-refractivity contribution in [1.82, 2.24) is 33.7 Å². The first-order valence-corrected chi connectivity index (χ1v) is 18.1. The zero-order valence-corrected chi connectivity index (χ0v) is 32.0. The smallest absolute Gasteiger partial charge is 0.358 e. The van der Waals surface area contributed by atoms with Gasteiger partial charge in [0.25, 0.3) is 0 Å². The van der Waals surface area contributed by atoms with E-state index >= 15 is 0 Å². The van der Waals surface area contributed by atoms with Gasteiger partial charge in [-0.3, -0.25) is 18.5 Å². The molecule has 0 N–H and O–H groups in total. The third kappa shape index (κ3) is 5.45.